The molecule has 0 saturated carbocycles. The second kappa shape index (κ2) is 4.77. The second-order valence-electron chi connectivity index (χ2n) is 3.77. The molecule has 0 saturated heterocycles. The number of pyridine rings is 1. The summed E-state index contributed by atoms with van der Waals surface area (Å²) in [5.74, 6) is -0.494. The molecule has 0 unspecified atom stereocenters. The van der Waals surface area contributed by atoms with E-state index in [1.165, 1.54) is 6.20 Å². The molecule has 1 atom stereocenters. The minimum Gasteiger partial charge on any atom is -0.377 e. The zero-order valence-electron chi connectivity index (χ0n) is 9.15. The first-order valence-electron chi connectivity index (χ1n) is 5.14. The topological polar surface area (TPSA) is 61.8 Å². The second-order valence-corrected chi connectivity index (χ2v) is 3.77. The van der Waals surface area contributed by atoms with E-state index in [4.69, 9.17) is 5.11 Å². The number of aromatic nitrogens is 3. The number of aliphatic hydroxyl groups excluding tert-OH is 1. The summed E-state index contributed by atoms with van der Waals surface area (Å²) in [6, 6.07) is 3.50. The molecule has 18 heavy (non-hydrogen) atoms. The van der Waals surface area contributed by atoms with Crippen LogP contribution in [0, 0.1) is 0 Å². The Balaban J connectivity index is 2.12. The van der Waals surface area contributed by atoms with Gasteiger partial charge in [0.1, 0.15) is 5.82 Å². The van der Waals surface area contributed by atoms with Crippen LogP contribution in [-0.4, -0.2) is 26.2 Å². The SMILES string of the molecule is O[C@H](c1ncc(Cc2ccncc2)[nH]1)C(F)(F)F. The summed E-state index contributed by atoms with van der Waals surface area (Å²) in [4.78, 5) is 9.84. The number of hydrogen-bond acceptors (Lipinski definition) is 3. The Morgan fingerprint density at radius 2 is 1.94 bits per heavy atom. The number of hydrogen-bond donors (Lipinski definition) is 2. The first-order chi connectivity index (χ1) is 8.47. The third-order valence-electron chi connectivity index (χ3n) is 2.36. The monoisotopic (exact) mass is 257 g/mol. The van der Waals surface area contributed by atoms with Gasteiger partial charge in [0, 0.05) is 30.7 Å². The molecule has 0 aliphatic rings. The Labute approximate surface area is 101 Å². The minimum absolute atomic E-state index is 0.403. The molecule has 2 N–H and O–H groups in total. The summed E-state index contributed by atoms with van der Waals surface area (Å²) in [6.07, 6.45) is -2.42. The van der Waals surface area contributed by atoms with Gasteiger partial charge in [0.2, 0.25) is 6.10 Å². The maximum atomic E-state index is 12.3. The maximum absolute atomic E-state index is 12.3. The first-order valence-corrected chi connectivity index (χ1v) is 5.14. The van der Waals surface area contributed by atoms with Crippen LogP contribution in [0.25, 0.3) is 0 Å². The molecule has 2 heterocycles. The largest absolute Gasteiger partial charge is 0.421 e. The number of alkyl halides is 3. The van der Waals surface area contributed by atoms with Gasteiger partial charge in [0.25, 0.3) is 0 Å². The van der Waals surface area contributed by atoms with Crippen LogP contribution in [0.4, 0.5) is 13.2 Å². The van der Waals surface area contributed by atoms with Crippen molar-refractivity contribution in [3.63, 3.8) is 0 Å². The van der Waals surface area contributed by atoms with E-state index >= 15 is 0 Å². The fraction of sp³-hybridized carbons (Fsp3) is 0.273. The summed E-state index contributed by atoms with van der Waals surface area (Å²) in [7, 11) is 0. The van der Waals surface area contributed by atoms with Crippen LogP contribution >= 0.6 is 0 Å². The summed E-state index contributed by atoms with van der Waals surface area (Å²) in [6.45, 7) is 0. The van der Waals surface area contributed by atoms with E-state index in [2.05, 4.69) is 15.0 Å². The zero-order valence-corrected chi connectivity index (χ0v) is 9.15. The van der Waals surface area contributed by atoms with Gasteiger partial charge < -0.3 is 10.1 Å². The van der Waals surface area contributed by atoms with Gasteiger partial charge in [0.15, 0.2) is 0 Å². The molecule has 4 nitrogen and oxygen atoms in total. The number of halogens is 3. The number of aromatic amines is 1. The molecule has 0 fully saturated rings. The lowest BCUT2D eigenvalue weighted by molar-refractivity contribution is -0.209. The minimum atomic E-state index is -4.72. The Morgan fingerprint density at radius 3 is 2.56 bits per heavy atom. The molecule has 0 radical (unpaired) electrons. The van der Waals surface area contributed by atoms with Gasteiger partial charge in [-0.25, -0.2) is 4.98 Å². The number of nitrogens with one attached hydrogen (secondary N) is 1. The van der Waals surface area contributed by atoms with Crippen molar-refractivity contribution in [2.24, 2.45) is 0 Å². The van der Waals surface area contributed by atoms with Crippen LogP contribution in [0.5, 0.6) is 0 Å². The Hall–Kier alpha value is -1.89. The predicted molar refractivity (Wildman–Crippen MR) is 56.6 cm³/mol. The van der Waals surface area contributed by atoms with Crippen molar-refractivity contribution >= 4 is 0 Å². The van der Waals surface area contributed by atoms with Gasteiger partial charge in [-0.3, -0.25) is 4.98 Å². The van der Waals surface area contributed by atoms with Crippen molar-refractivity contribution < 1.29 is 18.3 Å². The molecule has 7 heteroatoms. The van der Waals surface area contributed by atoms with Crippen molar-refractivity contribution in [3.05, 3.63) is 47.8 Å². The number of aliphatic hydroxyl groups is 1. The average Bonchev–Trinajstić information content (AvgIpc) is 2.76. The molecule has 0 amide bonds. The van der Waals surface area contributed by atoms with E-state index in [0.29, 0.717) is 12.1 Å². The molecule has 96 valence electrons. The summed E-state index contributed by atoms with van der Waals surface area (Å²) >= 11 is 0. The lowest BCUT2D eigenvalue weighted by atomic mass is 10.1. The van der Waals surface area contributed by atoms with Crippen molar-refractivity contribution in [3.8, 4) is 0 Å². The van der Waals surface area contributed by atoms with Gasteiger partial charge in [-0.1, -0.05) is 0 Å². The summed E-state index contributed by atoms with van der Waals surface area (Å²) in [5.41, 5.74) is 1.39. The molecule has 2 rings (SSSR count). The van der Waals surface area contributed by atoms with E-state index in [1.807, 2.05) is 0 Å². The molecule has 0 bridgehead atoms. The summed E-state index contributed by atoms with van der Waals surface area (Å²) < 4.78 is 36.8. The van der Waals surface area contributed by atoms with Crippen LogP contribution < -0.4 is 0 Å². The van der Waals surface area contributed by atoms with E-state index in [-0.39, 0.29) is 0 Å². The van der Waals surface area contributed by atoms with Crippen molar-refractivity contribution in [1.82, 2.24) is 15.0 Å². The average molecular weight is 257 g/mol. The van der Waals surface area contributed by atoms with Gasteiger partial charge in [0.05, 0.1) is 0 Å². The third kappa shape index (κ3) is 2.86. The Morgan fingerprint density at radius 1 is 1.28 bits per heavy atom. The standard InChI is InChI=1S/C11H10F3N3O/c12-11(13,14)9(18)10-16-6-8(17-10)5-7-1-3-15-4-2-7/h1-4,6,9,18H,5H2,(H,16,17)/t9-/m1/s1. The molecule has 0 aliphatic carbocycles. The maximum Gasteiger partial charge on any atom is 0.421 e. The zero-order chi connectivity index (χ0) is 13.2. The van der Waals surface area contributed by atoms with Gasteiger partial charge >= 0.3 is 6.18 Å². The first kappa shape index (κ1) is 12.6. The quantitative estimate of drug-likeness (QED) is 0.883. The highest BCUT2D eigenvalue weighted by Crippen LogP contribution is 2.30. The van der Waals surface area contributed by atoms with Crippen molar-refractivity contribution in [2.45, 2.75) is 18.7 Å². The van der Waals surface area contributed by atoms with Crippen LogP contribution in [0.1, 0.15) is 23.2 Å². The van der Waals surface area contributed by atoms with Crippen LogP contribution in [0.3, 0.4) is 0 Å². The van der Waals surface area contributed by atoms with Crippen LogP contribution in [-0.2, 0) is 6.42 Å². The predicted octanol–water partition coefficient (Wildman–Crippen LogP) is 1.99. The molecule has 0 spiro atoms. The smallest absolute Gasteiger partial charge is 0.377 e. The molecule has 0 aromatic carbocycles. The number of imidazole rings is 1. The number of rotatable bonds is 3. The van der Waals surface area contributed by atoms with E-state index in [9.17, 15) is 13.2 Å². The lowest BCUT2D eigenvalue weighted by Gasteiger charge is -2.11. The van der Waals surface area contributed by atoms with Gasteiger partial charge in [-0.2, -0.15) is 13.2 Å². The highest BCUT2D eigenvalue weighted by molar-refractivity contribution is 5.18. The molecule has 2 aromatic heterocycles. The van der Waals surface area contributed by atoms with Gasteiger partial charge in [-0.05, 0) is 17.7 Å². The normalized spacial score (nSPS) is 13.6. The molecular weight excluding hydrogens is 247 g/mol. The summed E-state index contributed by atoms with van der Waals surface area (Å²) in [5, 5.41) is 9.01. The number of H-pyrrole nitrogens is 1. The van der Waals surface area contributed by atoms with E-state index in [1.54, 1.807) is 24.5 Å². The molecule has 0 aliphatic heterocycles. The van der Waals surface area contributed by atoms with Crippen LogP contribution in [0.2, 0.25) is 0 Å². The fourth-order valence-corrected chi connectivity index (χ4v) is 1.48. The highest BCUT2D eigenvalue weighted by Gasteiger charge is 2.41. The number of nitrogens with zero attached hydrogens (tertiary/aromatic N) is 2. The molecule has 2 aromatic rings. The Bertz CT molecular complexity index is 510. The molecular formula is C11H10F3N3O. The lowest BCUT2D eigenvalue weighted by Crippen LogP contribution is -2.21. The highest BCUT2D eigenvalue weighted by atomic mass is 19.4. The van der Waals surface area contributed by atoms with Gasteiger partial charge in [-0.15, -0.1) is 0 Å². The van der Waals surface area contributed by atoms with E-state index in [0.717, 1.165) is 5.56 Å². The fourth-order valence-electron chi connectivity index (χ4n) is 1.48. The van der Waals surface area contributed by atoms with Crippen LogP contribution in [0.15, 0.2) is 30.7 Å². The van der Waals surface area contributed by atoms with Crippen molar-refractivity contribution in [2.75, 3.05) is 0 Å². The Kier molecular flexibility index (Phi) is 3.33. The van der Waals surface area contributed by atoms with Crippen molar-refractivity contribution in [1.29, 1.82) is 0 Å². The van der Waals surface area contributed by atoms with E-state index < -0.39 is 18.1 Å². The third-order valence-corrected chi connectivity index (χ3v) is 2.36.